The van der Waals surface area contributed by atoms with Gasteiger partial charge in [0.15, 0.2) is 0 Å². The van der Waals surface area contributed by atoms with Crippen LogP contribution in [0.5, 0.6) is 0 Å². The first-order valence-electron chi connectivity index (χ1n) is 9.07. The average Bonchev–Trinajstić information content (AvgIpc) is 3.06. The van der Waals surface area contributed by atoms with Crippen LogP contribution in [0, 0.1) is 11.8 Å². The van der Waals surface area contributed by atoms with Gasteiger partial charge in [0, 0.05) is 11.5 Å². The normalized spacial score (nSPS) is 30.2. The summed E-state index contributed by atoms with van der Waals surface area (Å²) in [6.07, 6.45) is 12.2. The standard InChI is InChI=1S/C20H31N/c1-2-16-10-12-17(13-11-16)19(21)20(14-6-7-15-20)18-8-4-3-5-9-18/h3-5,8-9,16-17,19H,2,6-7,10-15,21H2,1H3. The molecule has 0 aromatic heterocycles. The van der Waals surface area contributed by atoms with Gasteiger partial charge in [0.2, 0.25) is 0 Å². The van der Waals surface area contributed by atoms with Gasteiger partial charge in [-0.15, -0.1) is 0 Å². The van der Waals surface area contributed by atoms with E-state index in [0.717, 1.165) is 11.8 Å². The topological polar surface area (TPSA) is 26.0 Å². The van der Waals surface area contributed by atoms with Crippen LogP contribution in [0.3, 0.4) is 0 Å². The second-order valence-corrected chi connectivity index (χ2v) is 7.44. The lowest BCUT2D eigenvalue weighted by Gasteiger charge is -2.43. The number of benzene rings is 1. The molecule has 21 heavy (non-hydrogen) atoms. The Morgan fingerprint density at radius 1 is 1.05 bits per heavy atom. The Bertz CT molecular complexity index is 424. The fourth-order valence-electron chi connectivity index (χ4n) is 5.00. The quantitative estimate of drug-likeness (QED) is 0.824. The van der Waals surface area contributed by atoms with Gasteiger partial charge in [-0.3, -0.25) is 0 Å². The van der Waals surface area contributed by atoms with E-state index < -0.39 is 0 Å². The van der Waals surface area contributed by atoms with Gasteiger partial charge in [0.1, 0.15) is 0 Å². The molecule has 1 heteroatoms. The Morgan fingerprint density at radius 3 is 2.24 bits per heavy atom. The molecule has 2 fully saturated rings. The highest BCUT2D eigenvalue weighted by atomic mass is 14.7. The summed E-state index contributed by atoms with van der Waals surface area (Å²) < 4.78 is 0. The molecule has 1 aromatic rings. The minimum Gasteiger partial charge on any atom is -0.327 e. The molecule has 1 atom stereocenters. The number of nitrogens with two attached hydrogens (primary N) is 1. The minimum absolute atomic E-state index is 0.269. The van der Waals surface area contributed by atoms with Gasteiger partial charge in [0.25, 0.3) is 0 Å². The number of hydrogen-bond donors (Lipinski definition) is 1. The molecule has 116 valence electrons. The van der Waals surface area contributed by atoms with Crippen molar-refractivity contribution in [2.45, 2.75) is 76.2 Å². The van der Waals surface area contributed by atoms with Crippen molar-refractivity contribution in [2.75, 3.05) is 0 Å². The maximum atomic E-state index is 6.91. The predicted octanol–water partition coefficient (Wildman–Crippen LogP) is 5.04. The molecule has 0 aliphatic heterocycles. The summed E-state index contributed by atoms with van der Waals surface area (Å²) in [5.41, 5.74) is 8.68. The summed E-state index contributed by atoms with van der Waals surface area (Å²) in [5, 5.41) is 0. The third-order valence-corrected chi connectivity index (χ3v) is 6.46. The molecule has 0 radical (unpaired) electrons. The van der Waals surface area contributed by atoms with Gasteiger partial charge in [-0.2, -0.15) is 0 Å². The summed E-state index contributed by atoms with van der Waals surface area (Å²) in [6, 6.07) is 11.5. The van der Waals surface area contributed by atoms with Crippen molar-refractivity contribution >= 4 is 0 Å². The van der Waals surface area contributed by atoms with Crippen molar-refractivity contribution in [1.82, 2.24) is 0 Å². The van der Waals surface area contributed by atoms with Crippen molar-refractivity contribution in [1.29, 1.82) is 0 Å². The van der Waals surface area contributed by atoms with E-state index in [1.54, 1.807) is 0 Å². The largest absolute Gasteiger partial charge is 0.327 e. The Kier molecular flexibility index (Phi) is 4.69. The van der Waals surface area contributed by atoms with E-state index in [0.29, 0.717) is 6.04 Å². The van der Waals surface area contributed by atoms with E-state index >= 15 is 0 Å². The summed E-state index contributed by atoms with van der Waals surface area (Å²) in [4.78, 5) is 0. The summed E-state index contributed by atoms with van der Waals surface area (Å²) >= 11 is 0. The molecule has 0 spiro atoms. The maximum absolute atomic E-state index is 6.91. The highest BCUT2D eigenvalue weighted by Gasteiger charge is 2.44. The fraction of sp³-hybridized carbons (Fsp3) is 0.700. The maximum Gasteiger partial charge on any atom is 0.0165 e. The number of rotatable bonds is 4. The molecule has 0 heterocycles. The van der Waals surface area contributed by atoms with Crippen molar-refractivity contribution in [3.05, 3.63) is 35.9 Å². The van der Waals surface area contributed by atoms with Gasteiger partial charge in [-0.25, -0.2) is 0 Å². The van der Waals surface area contributed by atoms with Crippen LogP contribution >= 0.6 is 0 Å². The first-order chi connectivity index (χ1) is 10.3. The highest BCUT2D eigenvalue weighted by Crippen LogP contribution is 2.47. The van der Waals surface area contributed by atoms with E-state index in [1.807, 2.05) is 0 Å². The van der Waals surface area contributed by atoms with Gasteiger partial charge in [-0.05, 0) is 43.1 Å². The third-order valence-electron chi connectivity index (χ3n) is 6.46. The molecule has 2 N–H and O–H groups in total. The van der Waals surface area contributed by atoms with E-state index in [4.69, 9.17) is 5.73 Å². The lowest BCUT2D eigenvalue weighted by atomic mass is 9.65. The van der Waals surface area contributed by atoms with Crippen LogP contribution in [0.25, 0.3) is 0 Å². The van der Waals surface area contributed by atoms with Crippen LogP contribution in [0.1, 0.15) is 70.3 Å². The third kappa shape index (κ3) is 2.90. The zero-order valence-corrected chi connectivity index (χ0v) is 13.6. The van der Waals surface area contributed by atoms with Crippen LogP contribution in [-0.2, 0) is 5.41 Å². The first-order valence-corrected chi connectivity index (χ1v) is 9.07. The van der Waals surface area contributed by atoms with E-state index in [9.17, 15) is 0 Å². The van der Waals surface area contributed by atoms with Crippen molar-refractivity contribution in [2.24, 2.45) is 17.6 Å². The Labute approximate surface area is 130 Å². The van der Waals surface area contributed by atoms with Gasteiger partial charge in [0.05, 0.1) is 0 Å². The lowest BCUT2D eigenvalue weighted by Crippen LogP contribution is -2.49. The summed E-state index contributed by atoms with van der Waals surface area (Å²) in [7, 11) is 0. The molecule has 2 aliphatic rings. The van der Waals surface area contributed by atoms with Crippen molar-refractivity contribution in [3.8, 4) is 0 Å². The Balaban J connectivity index is 1.78. The molecule has 0 amide bonds. The molecule has 1 nitrogen and oxygen atoms in total. The predicted molar refractivity (Wildman–Crippen MR) is 90.3 cm³/mol. The Hall–Kier alpha value is -0.820. The molecule has 1 aromatic carbocycles. The van der Waals surface area contributed by atoms with E-state index in [-0.39, 0.29) is 5.41 Å². The fourth-order valence-corrected chi connectivity index (χ4v) is 5.00. The Morgan fingerprint density at radius 2 is 1.67 bits per heavy atom. The highest BCUT2D eigenvalue weighted by molar-refractivity contribution is 5.29. The molecule has 2 aliphatic carbocycles. The molecule has 1 unspecified atom stereocenters. The van der Waals surface area contributed by atoms with Crippen LogP contribution in [0.4, 0.5) is 0 Å². The molecule has 3 rings (SSSR count). The van der Waals surface area contributed by atoms with Gasteiger partial charge >= 0.3 is 0 Å². The van der Waals surface area contributed by atoms with Gasteiger partial charge < -0.3 is 5.73 Å². The second-order valence-electron chi connectivity index (χ2n) is 7.44. The van der Waals surface area contributed by atoms with Crippen LogP contribution in [0.2, 0.25) is 0 Å². The lowest BCUT2D eigenvalue weighted by molar-refractivity contribution is 0.181. The van der Waals surface area contributed by atoms with E-state index in [2.05, 4.69) is 37.3 Å². The van der Waals surface area contributed by atoms with Crippen molar-refractivity contribution < 1.29 is 0 Å². The average molecular weight is 285 g/mol. The summed E-state index contributed by atoms with van der Waals surface area (Å²) in [5.74, 6) is 1.70. The zero-order valence-electron chi connectivity index (χ0n) is 13.6. The van der Waals surface area contributed by atoms with Crippen LogP contribution in [-0.4, -0.2) is 6.04 Å². The molecule has 0 bridgehead atoms. The zero-order chi connectivity index (χ0) is 14.7. The molecular formula is C20H31N. The van der Waals surface area contributed by atoms with E-state index in [1.165, 1.54) is 63.4 Å². The van der Waals surface area contributed by atoms with Crippen molar-refractivity contribution in [3.63, 3.8) is 0 Å². The monoisotopic (exact) mass is 285 g/mol. The number of hydrogen-bond acceptors (Lipinski definition) is 1. The SMILES string of the molecule is CCC1CCC(C(N)C2(c3ccccc3)CCCC2)CC1. The summed E-state index contributed by atoms with van der Waals surface area (Å²) in [6.45, 7) is 2.34. The van der Waals surface area contributed by atoms with Gasteiger partial charge in [-0.1, -0.05) is 69.4 Å². The molecule has 0 saturated heterocycles. The molecule has 2 saturated carbocycles. The second kappa shape index (κ2) is 6.52. The smallest absolute Gasteiger partial charge is 0.0165 e. The first kappa shape index (κ1) is 15.1. The van der Waals surface area contributed by atoms with Crippen LogP contribution < -0.4 is 5.73 Å². The molecular weight excluding hydrogens is 254 g/mol. The minimum atomic E-state index is 0.269. The van der Waals surface area contributed by atoms with Crippen LogP contribution in [0.15, 0.2) is 30.3 Å².